The molecule has 0 aliphatic carbocycles. The molecule has 2 heterocycles. The molecule has 148 valence electrons. The van der Waals surface area contributed by atoms with Crippen molar-refractivity contribution in [2.24, 2.45) is 0 Å². The second kappa shape index (κ2) is 8.79. The smallest absolute Gasteiger partial charge is 0.359 e. The Morgan fingerprint density at radius 1 is 0.897 bits per heavy atom. The number of aromatic nitrogens is 2. The van der Waals surface area contributed by atoms with Gasteiger partial charge < -0.3 is 9.64 Å². The summed E-state index contributed by atoms with van der Waals surface area (Å²) in [6.45, 7) is 3.43. The van der Waals surface area contributed by atoms with Gasteiger partial charge in [-0.15, -0.1) is 0 Å². The van der Waals surface area contributed by atoms with Crippen molar-refractivity contribution in [3.8, 4) is 0 Å². The van der Waals surface area contributed by atoms with Gasteiger partial charge in [-0.05, 0) is 17.7 Å². The zero-order valence-corrected chi connectivity index (χ0v) is 16.0. The molecule has 1 saturated heterocycles. The highest BCUT2D eigenvalue weighted by Gasteiger charge is 2.22. The van der Waals surface area contributed by atoms with Crippen LogP contribution in [0, 0.1) is 0 Å². The van der Waals surface area contributed by atoms with E-state index in [1.807, 2.05) is 36.4 Å². The monoisotopic (exact) mass is 390 g/mol. The number of hydrogen-bond donors (Lipinski definition) is 0. The molecule has 4 rings (SSSR count). The van der Waals surface area contributed by atoms with E-state index in [2.05, 4.69) is 27.0 Å². The van der Waals surface area contributed by atoms with Gasteiger partial charge in [0.2, 0.25) is 0 Å². The third-order valence-electron chi connectivity index (χ3n) is 4.96. The van der Waals surface area contributed by atoms with Gasteiger partial charge in [-0.3, -0.25) is 14.7 Å². The summed E-state index contributed by atoms with van der Waals surface area (Å²) in [7, 11) is 0. The lowest BCUT2D eigenvalue weighted by atomic mass is 10.2. The van der Waals surface area contributed by atoms with Crippen molar-refractivity contribution in [2.45, 2.75) is 6.54 Å². The molecule has 0 radical (unpaired) electrons. The van der Waals surface area contributed by atoms with E-state index in [4.69, 9.17) is 4.74 Å². The highest BCUT2D eigenvalue weighted by Crippen LogP contribution is 2.11. The van der Waals surface area contributed by atoms with Crippen molar-refractivity contribution in [1.29, 1.82) is 0 Å². The fourth-order valence-electron chi connectivity index (χ4n) is 3.35. The number of carbonyl (C=O) groups is 2. The van der Waals surface area contributed by atoms with Crippen LogP contribution in [0.2, 0.25) is 0 Å². The van der Waals surface area contributed by atoms with E-state index < -0.39 is 5.97 Å². The molecule has 0 unspecified atom stereocenters. The number of para-hydroxylation sites is 2. The molecule has 0 atom stereocenters. The maximum absolute atomic E-state index is 12.4. The molecule has 1 aliphatic heterocycles. The summed E-state index contributed by atoms with van der Waals surface area (Å²) < 4.78 is 5.17. The first-order valence-electron chi connectivity index (χ1n) is 9.62. The average molecular weight is 390 g/mol. The van der Waals surface area contributed by atoms with E-state index >= 15 is 0 Å². The molecule has 1 aromatic heterocycles. The predicted octanol–water partition coefficient (Wildman–Crippen LogP) is 2.13. The molecule has 7 nitrogen and oxygen atoms in total. The van der Waals surface area contributed by atoms with E-state index in [-0.39, 0.29) is 18.2 Å². The summed E-state index contributed by atoms with van der Waals surface area (Å²) in [5, 5.41) is 0. The number of ether oxygens (including phenoxy) is 1. The van der Waals surface area contributed by atoms with Gasteiger partial charge >= 0.3 is 5.97 Å². The van der Waals surface area contributed by atoms with Gasteiger partial charge in [0.15, 0.2) is 12.3 Å². The average Bonchev–Trinajstić information content (AvgIpc) is 2.78. The van der Waals surface area contributed by atoms with E-state index in [1.54, 1.807) is 11.0 Å². The molecular formula is C22H22N4O3. The Balaban J connectivity index is 1.26. The molecule has 0 spiro atoms. The largest absolute Gasteiger partial charge is 0.451 e. The van der Waals surface area contributed by atoms with Crippen LogP contribution in [0.3, 0.4) is 0 Å². The predicted molar refractivity (Wildman–Crippen MR) is 108 cm³/mol. The number of fused-ring (bicyclic) bond motifs is 1. The van der Waals surface area contributed by atoms with Crippen LogP contribution in [0.4, 0.5) is 0 Å². The minimum absolute atomic E-state index is 0.101. The van der Waals surface area contributed by atoms with Gasteiger partial charge in [0.25, 0.3) is 5.91 Å². The Labute approximate surface area is 168 Å². The van der Waals surface area contributed by atoms with Crippen LogP contribution in [0.25, 0.3) is 11.0 Å². The van der Waals surface area contributed by atoms with Crippen LogP contribution in [-0.4, -0.2) is 64.4 Å². The molecule has 7 heteroatoms. The molecular weight excluding hydrogens is 368 g/mol. The first-order valence-corrected chi connectivity index (χ1v) is 9.62. The lowest BCUT2D eigenvalue weighted by Gasteiger charge is -2.34. The number of nitrogens with zero attached hydrogens (tertiary/aromatic N) is 4. The van der Waals surface area contributed by atoms with Gasteiger partial charge in [0.05, 0.1) is 17.2 Å². The third kappa shape index (κ3) is 4.75. The van der Waals surface area contributed by atoms with Crippen molar-refractivity contribution >= 4 is 22.9 Å². The molecule has 0 bridgehead atoms. The highest BCUT2D eigenvalue weighted by molar-refractivity contribution is 5.91. The Hall–Kier alpha value is -3.32. The molecule has 1 fully saturated rings. The standard InChI is InChI=1S/C22H22N4O3/c27-21(26-12-10-25(11-13-26)15-17-6-2-1-3-7-17)16-29-22(28)20-14-23-18-8-4-5-9-19(18)24-20/h1-9,14H,10-13,15-16H2. The summed E-state index contributed by atoms with van der Waals surface area (Å²) in [5.41, 5.74) is 2.68. The summed E-state index contributed by atoms with van der Waals surface area (Å²) in [5.74, 6) is -0.828. The zero-order chi connectivity index (χ0) is 20.1. The van der Waals surface area contributed by atoms with Gasteiger partial charge in [-0.25, -0.2) is 9.78 Å². The minimum Gasteiger partial charge on any atom is -0.451 e. The minimum atomic E-state index is -0.640. The number of carbonyl (C=O) groups excluding carboxylic acids is 2. The van der Waals surface area contributed by atoms with Crippen LogP contribution in [0.1, 0.15) is 16.1 Å². The first-order chi connectivity index (χ1) is 14.2. The lowest BCUT2D eigenvalue weighted by Crippen LogP contribution is -2.49. The maximum Gasteiger partial charge on any atom is 0.359 e. The summed E-state index contributed by atoms with van der Waals surface area (Å²) in [6, 6.07) is 17.6. The second-order valence-electron chi connectivity index (χ2n) is 6.96. The van der Waals surface area contributed by atoms with E-state index in [1.165, 1.54) is 11.8 Å². The number of piperazine rings is 1. The van der Waals surface area contributed by atoms with Gasteiger partial charge in [0, 0.05) is 32.7 Å². The molecule has 2 aromatic carbocycles. The van der Waals surface area contributed by atoms with Crippen molar-refractivity contribution in [3.05, 3.63) is 72.1 Å². The maximum atomic E-state index is 12.4. The molecule has 1 aliphatic rings. The SMILES string of the molecule is O=C(OCC(=O)N1CCN(Cc2ccccc2)CC1)c1cnc2ccccc2n1. The summed E-state index contributed by atoms with van der Waals surface area (Å²) in [6.07, 6.45) is 1.37. The lowest BCUT2D eigenvalue weighted by molar-refractivity contribution is -0.136. The van der Waals surface area contributed by atoms with Crippen molar-refractivity contribution in [2.75, 3.05) is 32.8 Å². The van der Waals surface area contributed by atoms with Gasteiger partial charge in [-0.1, -0.05) is 42.5 Å². The van der Waals surface area contributed by atoms with Crippen molar-refractivity contribution in [1.82, 2.24) is 19.8 Å². The topological polar surface area (TPSA) is 75.6 Å². The van der Waals surface area contributed by atoms with Crippen LogP contribution in [-0.2, 0) is 16.1 Å². The van der Waals surface area contributed by atoms with E-state index in [9.17, 15) is 9.59 Å². The first kappa shape index (κ1) is 19.0. The fraction of sp³-hybridized carbons (Fsp3) is 0.273. The number of hydrogen-bond acceptors (Lipinski definition) is 6. The fourth-order valence-corrected chi connectivity index (χ4v) is 3.35. The number of esters is 1. The normalized spacial score (nSPS) is 14.7. The van der Waals surface area contributed by atoms with Crippen molar-refractivity contribution in [3.63, 3.8) is 0 Å². The highest BCUT2D eigenvalue weighted by atomic mass is 16.5. The van der Waals surface area contributed by atoms with E-state index in [0.29, 0.717) is 24.1 Å². The Morgan fingerprint density at radius 2 is 1.59 bits per heavy atom. The van der Waals surface area contributed by atoms with Gasteiger partial charge in [0.1, 0.15) is 0 Å². The van der Waals surface area contributed by atoms with Crippen LogP contribution < -0.4 is 0 Å². The van der Waals surface area contributed by atoms with Crippen molar-refractivity contribution < 1.29 is 14.3 Å². The number of rotatable bonds is 5. The summed E-state index contributed by atoms with van der Waals surface area (Å²) >= 11 is 0. The number of benzene rings is 2. The quantitative estimate of drug-likeness (QED) is 0.622. The Kier molecular flexibility index (Phi) is 5.76. The van der Waals surface area contributed by atoms with Crippen LogP contribution in [0.15, 0.2) is 60.8 Å². The molecule has 0 saturated carbocycles. The molecule has 0 N–H and O–H groups in total. The zero-order valence-electron chi connectivity index (χ0n) is 16.0. The third-order valence-corrected chi connectivity index (χ3v) is 4.96. The molecule has 3 aromatic rings. The Morgan fingerprint density at radius 3 is 2.34 bits per heavy atom. The van der Waals surface area contributed by atoms with Crippen LogP contribution in [0.5, 0.6) is 0 Å². The molecule has 1 amide bonds. The number of amides is 1. The summed E-state index contributed by atoms with van der Waals surface area (Å²) in [4.78, 5) is 37.1. The second-order valence-corrected chi connectivity index (χ2v) is 6.96. The van der Waals surface area contributed by atoms with Gasteiger partial charge in [-0.2, -0.15) is 0 Å². The van der Waals surface area contributed by atoms with E-state index in [0.717, 1.165) is 19.6 Å². The Bertz CT molecular complexity index is 1000. The van der Waals surface area contributed by atoms with Crippen LogP contribution >= 0.6 is 0 Å². The molecule has 29 heavy (non-hydrogen) atoms.